The van der Waals surface area contributed by atoms with E-state index in [9.17, 15) is 0 Å². The van der Waals surface area contributed by atoms with Gasteiger partial charge in [0.05, 0.1) is 6.61 Å². The average Bonchev–Trinajstić information content (AvgIpc) is 2.78. The van der Waals surface area contributed by atoms with Gasteiger partial charge < -0.3 is 14.8 Å². The molecular formula is C17H25NO2. The van der Waals surface area contributed by atoms with Crippen LogP contribution in [-0.2, 0) is 0 Å². The monoisotopic (exact) mass is 275 g/mol. The lowest BCUT2D eigenvalue weighted by Crippen LogP contribution is -2.42. The summed E-state index contributed by atoms with van der Waals surface area (Å²) in [6.07, 6.45) is 6.20. The summed E-state index contributed by atoms with van der Waals surface area (Å²) in [6, 6.07) is 7.56. The Morgan fingerprint density at radius 3 is 2.60 bits per heavy atom. The van der Waals surface area contributed by atoms with Gasteiger partial charge in [0.2, 0.25) is 0 Å². The topological polar surface area (TPSA) is 30.5 Å². The van der Waals surface area contributed by atoms with Gasteiger partial charge in [0, 0.05) is 12.1 Å². The molecule has 2 fully saturated rings. The fourth-order valence-electron chi connectivity index (χ4n) is 3.32. The normalized spacial score (nSPS) is 28.4. The third kappa shape index (κ3) is 3.09. The molecule has 0 spiro atoms. The number of rotatable bonds is 5. The number of nitrogens with one attached hydrogen (secondary N) is 1. The summed E-state index contributed by atoms with van der Waals surface area (Å²) < 4.78 is 12.1. The highest BCUT2D eigenvalue weighted by Gasteiger charge is 2.34. The number of benzene rings is 1. The zero-order valence-electron chi connectivity index (χ0n) is 12.5. The van der Waals surface area contributed by atoms with E-state index in [2.05, 4.69) is 37.4 Å². The number of fused-ring (bicyclic) bond motifs is 2. The molecule has 0 aromatic heterocycles. The number of aryl methyl sites for hydroxylation is 1. The van der Waals surface area contributed by atoms with Crippen LogP contribution in [0.3, 0.4) is 0 Å². The first kappa shape index (κ1) is 13.7. The van der Waals surface area contributed by atoms with Crippen molar-refractivity contribution in [3.63, 3.8) is 0 Å². The van der Waals surface area contributed by atoms with Crippen LogP contribution < -0.4 is 14.8 Å². The minimum absolute atomic E-state index is 0.334. The molecular weight excluding hydrogens is 250 g/mol. The highest BCUT2D eigenvalue weighted by Crippen LogP contribution is 2.34. The van der Waals surface area contributed by atoms with E-state index in [1.165, 1.54) is 18.4 Å². The van der Waals surface area contributed by atoms with E-state index in [0.717, 1.165) is 37.4 Å². The molecule has 2 aliphatic heterocycles. The van der Waals surface area contributed by atoms with Gasteiger partial charge in [-0.15, -0.1) is 0 Å². The lowest BCUT2D eigenvalue weighted by molar-refractivity contribution is 0.131. The minimum Gasteiger partial charge on any atom is -0.490 e. The van der Waals surface area contributed by atoms with Gasteiger partial charge in [-0.25, -0.2) is 0 Å². The summed E-state index contributed by atoms with van der Waals surface area (Å²) in [7, 11) is 0. The van der Waals surface area contributed by atoms with Gasteiger partial charge >= 0.3 is 0 Å². The van der Waals surface area contributed by atoms with Crippen LogP contribution in [0.1, 0.15) is 44.6 Å². The van der Waals surface area contributed by atoms with Crippen molar-refractivity contribution in [3.05, 3.63) is 23.8 Å². The maximum atomic E-state index is 6.25. The predicted octanol–water partition coefficient (Wildman–Crippen LogP) is 3.45. The first-order chi connectivity index (χ1) is 9.74. The largest absolute Gasteiger partial charge is 0.490 e. The second-order valence-electron chi connectivity index (χ2n) is 6.15. The molecule has 2 heterocycles. The molecule has 1 aromatic carbocycles. The second-order valence-corrected chi connectivity index (χ2v) is 6.15. The summed E-state index contributed by atoms with van der Waals surface area (Å²) in [4.78, 5) is 0. The predicted molar refractivity (Wildman–Crippen MR) is 80.6 cm³/mol. The van der Waals surface area contributed by atoms with Crippen LogP contribution in [0.5, 0.6) is 11.5 Å². The zero-order valence-corrected chi connectivity index (χ0v) is 12.5. The van der Waals surface area contributed by atoms with Crippen molar-refractivity contribution in [2.24, 2.45) is 0 Å². The van der Waals surface area contributed by atoms with Crippen LogP contribution in [0.4, 0.5) is 0 Å². The quantitative estimate of drug-likeness (QED) is 0.893. The third-order valence-electron chi connectivity index (χ3n) is 4.28. The molecule has 3 nitrogen and oxygen atoms in total. The fourth-order valence-corrected chi connectivity index (χ4v) is 3.32. The molecule has 0 unspecified atom stereocenters. The summed E-state index contributed by atoms with van der Waals surface area (Å²) in [5.41, 5.74) is 1.22. The van der Waals surface area contributed by atoms with Crippen LogP contribution in [0, 0.1) is 6.92 Å². The van der Waals surface area contributed by atoms with Gasteiger partial charge in [-0.2, -0.15) is 0 Å². The fraction of sp³-hybridized carbons (Fsp3) is 0.647. The van der Waals surface area contributed by atoms with Crippen molar-refractivity contribution in [1.82, 2.24) is 5.32 Å². The Morgan fingerprint density at radius 1 is 1.15 bits per heavy atom. The van der Waals surface area contributed by atoms with Crippen LogP contribution in [-0.4, -0.2) is 24.8 Å². The van der Waals surface area contributed by atoms with Crippen LogP contribution in [0.2, 0.25) is 0 Å². The van der Waals surface area contributed by atoms with Crippen molar-refractivity contribution in [2.75, 3.05) is 6.61 Å². The molecule has 3 heteroatoms. The van der Waals surface area contributed by atoms with E-state index in [0.29, 0.717) is 18.2 Å². The number of piperidine rings is 1. The van der Waals surface area contributed by atoms with Crippen molar-refractivity contribution >= 4 is 0 Å². The van der Waals surface area contributed by atoms with Crippen molar-refractivity contribution in [1.29, 1.82) is 0 Å². The summed E-state index contributed by atoms with van der Waals surface area (Å²) in [6.45, 7) is 4.96. The Labute approximate surface area is 121 Å². The van der Waals surface area contributed by atoms with E-state index < -0.39 is 0 Å². The lowest BCUT2D eigenvalue weighted by Gasteiger charge is -2.30. The molecule has 0 saturated carbocycles. The van der Waals surface area contributed by atoms with Crippen molar-refractivity contribution in [3.8, 4) is 11.5 Å². The van der Waals surface area contributed by atoms with Crippen molar-refractivity contribution < 1.29 is 9.47 Å². The number of hydrogen-bond acceptors (Lipinski definition) is 3. The van der Waals surface area contributed by atoms with E-state index in [1.807, 2.05) is 0 Å². The standard InChI is InChI=1S/C17H25NO2/c1-3-8-19-17-9-12(2)4-7-16(17)20-15-10-13-5-6-14(11-15)18-13/h4,7,9,13-15,18H,3,5-6,8,10-11H2,1-2H3/t13-,14+,15+. The van der Waals surface area contributed by atoms with Gasteiger partial charge in [0.15, 0.2) is 11.5 Å². The minimum atomic E-state index is 0.334. The lowest BCUT2D eigenvalue weighted by atomic mass is 10.0. The molecule has 1 N–H and O–H groups in total. The maximum absolute atomic E-state index is 6.25. The molecule has 2 aliphatic rings. The van der Waals surface area contributed by atoms with Gasteiger partial charge in [0.25, 0.3) is 0 Å². The third-order valence-corrected chi connectivity index (χ3v) is 4.28. The molecule has 2 bridgehead atoms. The molecule has 3 rings (SSSR count). The zero-order chi connectivity index (χ0) is 13.9. The van der Waals surface area contributed by atoms with Gasteiger partial charge in [-0.1, -0.05) is 13.0 Å². The smallest absolute Gasteiger partial charge is 0.161 e. The molecule has 0 aliphatic carbocycles. The van der Waals surface area contributed by atoms with Gasteiger partial charge in [-0.05, 0) is 56.7 Å². The molecule has 3 atom stereocenters. The van der Waals surface area contributed by atoms with E-state index in [1.54, 1.807) is 0 Å². The van der Waals surface area contributed by atoms with Gasteiger partial charge in [0.1, 0.15) is 6.10 Å². The Hall–Kier alpha value is -1.22. The molecule has 2 saturated heterocycles. The number of hydrogen-bond donors (Lipinski definition) is 1. The average molecular weight is 275 g/mol. The first-order valence-electron chi connectivity index (χ1n) is 7.90. The van der Waals surface area contributed by atoms with E-state index in [4.69, 9.17) is 9.47 Å². The molecule has 20 heavy (non-hydrogen) atoms. The Balaban J connectivity index is 1.69. The molecule has 0 amide bonds. The summed E-state index contributed by atoms with van der Waals surface area (Å²) in [5, 5.41) is 3.65. The maximum Gasteiger partial charge on any atom is 0.161 e. The van der Waals surface area contributed by atoms with Crippen LogP contribution >= 0.6 is 0 Å². The Kier molecular flexibility index (Phi) is 4.16. The molecule has 110 valence electrons. The summed E-state index contributed by atoms with van der Waals surface area (Å²) in [5.74, 6) is 1.81. The van der Waals surface area contributed by atoms with Gasteiger partial charge in [-0.3, -0.25) is 0 Å². The molecule has 1 aromatic rings. The highest BCUT2D eigenvalue weighted by atomic mass is 16.5. The highest BCUT2D eigenvalue weighted by molar-refractivity contribution is 5.42. The Morgan fingerprint density at radius 2 is 1.90 bits per heavy atom. The number of ether oxygens (including phenoxy) is 2. The molecule has 0 radical (unpaired) electrons. The SMILES string of the molecule is CCCOc1cc(C)ccc1O[C@H]1C[C@H]2CC[C@@H](C1)N2. The Bertz CT molecular complexity index is 448. The summed E-state index contributed by atoms with van der Waals surface area (Å²) >= 11 is 0. The first-order valence-corrected chi connectivity index (χ1v) is 7.90. The van der Waals surface area contributed by atoms with Crippen LogP contribution in [0.15, 0.2) is 18.2 Å². The van der Waals surface area contributed by atoms with E-state index >= 15 is 0 Å². The second kappa shape index (κ2) is 6.04. The van der Waals surface area contributed by atoms with E-state index in [-0.39, 0.29) is 0 Å². The van der Waals surface area contributed by atoms with Crippen molar-refractivity contribution in [2.45, 2.75) is 64.1 Å². The van der Waals surface area contributed by atoms with Crippen LogP contribution in [0.25, 0.3) is 0 Å².